The van der Waals surface area contributed by atoms with Crippen molar-refractivity contribution in [1.29, 1.82) is 0 Å². The summed E-state index contributed by atoms with van der Waals surface area (Å²) in [6.45, 7) is 14.0. The molecule has 7 atom stereocenters. The first-order chi connectivity index (χ1) is 41.7. The first-order valence-electron chi connectivity index (χ1n) is 35.3. The number of phosphoric ester groups is 2. The molecule has 0 saturated carbocycles. The van der Waals surface area contributed by atoms with Gasteiger partial charge < -0.3 is 33.8 Å². The molecule has 0 aliphatic carbocycles. The highest BCUT2D eigenvalue weighted by molar-refractivity contribution is 7.47. The van der Waals surface area contributed by atoms with E-state index in [0.717, 1.165) is 126 Å². The molecule has 0 saturated heterocycles. The fraction of sp³-hybridized carbons (Fsp3) is 0.941. The van der Waals surface area contributed by atoms with Crippen molar-refractivity contribution in [2.24, 2.45) is 23.7 Å². The number of carbonyl (C=O) groups excluding carboxylic acids is 4. The Bertz CT molecular complexity index is 1730. The van der Waals surface area contributed by atoms with Crippen molar-refractivity contribution < 1.29 is 80.2 Å². The van der Waals surface area contributed by atoms with Gasteiger partial charge in [0.2, 0.25) is 0 Å². The van der Waals surface area contributed by atoms with E-state index in [9.17, 15) is 43.2 Å². The zero-order valence-electron chi connectivity index (χ0n) is 56.6. The fourth-order valence-electron chi connectivity index (χ4n) is 10.1. The minimum absolute atomic E-state index is 0.103. The van der Waals surface area contributed by atoms with Gasteiger partial charge in [-0.25, -0.2) is 9.13 Å². The van der Waals surface area contributed by atoms with Crippen molar-refractivity contribution >= 4 is 39.5 Å². The molecule has 0 spiro atoms. The monoisotopic (exact) mass is 1280 g/mol. The summed E-state index contributed by atoms with van der Waals surface area (Å²) in [5, 5.41) is 10.6. The molecule has 4 unspecified atom stereocenters. The number of rotatable bonds is 65. The zero-order valence-corrected chi connectivity index (χ0v) is 58.4. The van der Waals surface area contributed by atoms with Gasteiger partial charge in [0.15, 0.2) is 12.2 Å². The Kier molecular flexibility index (Phi) is 56.6. The minimum Gasteiger partial charge on any atom is -0.462 e. The maximum Gasteiger partial charge on any atom is 0.472 e. The summed E-state index contributed by atoms with van der Waals surface area (Å²) >= 11 is 0. The number of hydrogen-bond donors (Lipinski definition) is 3. The molecule has 0 aromatic rings. The minimum atomic E-state index is -4.95. The summed E-state index contributed by atoms with van der Waals surface area (Å²) in [6, 6.07) is 0. The Hall–Kier alpha value is -1.94. The lowest BCUT2D eigenvalue weighted by Gasteiger charge is -2.21. The number of hydrogen-bond acceptors (Lipinski definition) is 15. The Morgan fingerprint density at radius 3 is 0.816 bits per heavy atom. The molecule has 0 rings (SSSR count). The van der Waals surface area contributed by atoms with E-state index in [1.165, 1.54) is 122 Å². The average molecular weight is 1280 g/mol. The third-order valence-corrected chi connectivity index (χ3v) is 18.2. The molecule has 516 valence electrons. The molecule has 0 amide bonds. The summed E-state index contributed by atoms with van der Waals surface area (Å²) in [7, 11) is -9.90. The lowest BCUT2D eigenvalue weighted by molar-refractivity contribution is -0.161. The number of aliphatic hydroxyl groups is 1. The van der Waals surface area contributed by atoms with E-state index in [1.807, 2.05) is 0 Å². The highest BCUT2D eigenvalue weighted by atomic mass is 31.2. The second-order valence-electron chi connectivity index (χ2n) is 26.0. The molecule has 0 heterocycles. The molecule has 0 aromatic heterocycles. The van der Waals surface area contributed by atoms with Crippen LogP contribution in [0.25, 0.3) is 0 Å². The van der Waals surface area contributed by atoms with Crippen LogP contribution < -0.4 is 0 Å². The molecule has 0 aliphatic heterocycles. The van der Waals surface area contributed by atoms with E-state index in [2.05, 4.69) is 55.4 Å². The second-order valence-corrected chi connectivity index (χ2v) is 28.9. The molecule has 3 N–H and O–H groups in total. The number of carbonyl (C=O) groups is 4. The van der Waals surface area contributed by atoms with Crippen molar-refractivity contribution in [1.82, 2.24) is 0 Å². The molecule has 0 aromatic carbocycles. The van der Waals surface area contributed by atoms with Crippen LogP contribution >= 0.6 is 15.6 Å². The number of esters is 4. The smallest absolute Gasteiger partial charge is 0.462 e. The number of ether oxygens (including phenoxy) is 4. The van der Waals surface area contributed by atoms with Crippen LogP contribution in [-0.4, -0.2) is 96.7 Å². The molecule has 19 heteroatoms. The van der Waals surface area contributed by atoms with Crippen LogP contribution in [-0.2, 0) is 65.4 Å². The van der Waals surface area contributed by atoms with Crippen LogP contribution in [0, 0.1) is 23.7 Å². The predicted octanol–water partition coefficient (Wildman–Crippen LogP) is 18.9. The van der Waals surface area contributed by atoms with Crippen LogP contribution in [0.1, 0.15) is 331 Å². The van der Waals surface area contributed by atoms with E-state index < -0.39 is 97.5 Å². The molecule has 0 fully saturated rings. The molecule has 0 bridgehead atoms. The van der Waals surface area contributed by atoms with Gasteiger partial charge in [-0.2, -0.15) is 0 Å². The van der Waals surface area contributed by atoms with Crippen molar-refractivity contribution in [2.75, 3.05) is 39.6 Å². The average Bonchev–Trinajstić information content (AvgIpc) is 3.68. The first-order valence-corrected chi connectivity index (χ1v) is 38.3. The summed E-state index contributed by atoms with van der Waals surface area (Å²) in [5.41, 5.74) is 0. The largest absolute Gasteiger partial charge is 0.472 e. The maximum absolute atomic E-state index is 13.0. The normalized spacial score (nSPS) is 15.0. The molecular weight excluding hydrogens is 1150 g/mol. The third kappa shape index (κ3) is 60.1. The van der Waals surface area contributed by atoms with Crippen molar-refractivity contribution in [3.63, 3.8) is 0 Å². The lowest BCUT2D eigenvalue weighted by Crippen LogP contribution is -2.30. The standard InChI is InChI=1S/C68H132O17P2/c1-9-60(7)46-38-30-24-26-32-40-48-65(70)78-54-63(84-67(72)50-42-34-22-17-15-13-11-12-14-16-20-28-36-44-58(3)4)56-82-86(74,75)80-52-62(69)53-81-87(76,77)83-57-64(55-79-66(71)49-41-33-27-25-31-39-47-61(8)10-2)85-68(73)51-43-35-23-19-18-21-29-37-45-59(5)6/h58-64,69H,9-57H2,1-8H3,(H,74,75)(H,76,77)/t60?,61?,62-,63-,64-/m1/s1. The predicted molar refractivity (Wildman–Crippen MR) is 349 cm³/mol. The van der Waals surface area contributed by atoms with Crippen LogP contribution in [0.15, 0.2) is 0 Å². The number of unbranched alkanes of at least 4 members (excludes halogenated alkanes) is 29. The van der Waals surface area contributed by atoms with Gasteiger partial charge in [-0.05, 0) is 49.4 Å². The van der Waals surface area contributed by atoms with Gasteiger partial charge in [0, 0.05) is 25.7 Å². The van der Waals surface area contributed by atoms with Crippen molar-refractivity contribution in [3.8, 4) is 0 Å². The Morgan fingerprint density at radius 1 is 0.322 bits per heavy atom. The van der Waals surface area contributed by atoms with Gasteiger partial charge in [-0.1, -0.05) is 280 Å². The quantitative estimate of drug-likeness (QED) is 0.0222. The van der Waals surface area contributed by atoms with Crippen LogP contribution in [0.4, 0.5) is 0 Å². The molecule has 0 radical (unpaired) electrons. The van der Waals surface area contributed by atoms with Crippen molar-refractivity contribution in [3.05, 3.63) is 0 Å². The Balaban J connectivity index is 5.25. The van der Waals surface area contributed by atoms with E-state index >= 15 is 0 Å². The van der Waals surface area contributed by atoms with E-state index in [1.54, 1.807) is 0 Å². The van der Waals surface area contributed by atoms with Gasteiger partial charge in [-0.3, -0.25) is 37.3 Å². The molecule has 17 nitrogen and oxygen atoms in total. The first kappa shape index (κ1) is 85.1. The Morgan fingerprint density at radius 2 is 0.552 bits per heavy atom. The topological polar surface area (TPSA) is 237 Å². The van der Waals surface area contributed by atoms with Crippen LogP contribution in [0.2, 0.25) is 0 Å². The van der Waals surface area contributed by atoms with E-state index in [0.29, 0.717) is 25.7 Å². The highest BCUT2D eigenvalue weighted by Crippen LogP contribution is 2.45. The van der Waals surface area contributed by atoms with Gasteiger partial charge in [-0.15, -0.1) is 0 Å². The third-order valence-electron chi connectivity index (χ3n) is 16.3. The fourth-order valence-corrected chi connectivity index (χ4v) is 11.7. The van der Waals surface area contributed by atoms with E-state index in [-0.39, 0.29) is 25.7 Å². The molecular formula is C68H132O17P2. The van der Waals surface area contributed by atoms with Crippen molar-refractivity contribution in [2.45, 2.75) is 350 Å². The molecule has 0 aliphatic rings. The SMILES string of the molecule is CCC(C)CCCCCCCCC(=O)OC[C@H](COP(=O)(O)OC[C@@H](O)COP(=O)(O)OC[C@@H](COC(=O)CCCCCCCCC(C)CC)OC(=O)CCCCCCCCCCC(C)C)OC(=O)CCCCCCCCCCCCCCCC(C)C. The van der Waals surface area contributed by atoms with Gasteiger partial charge in [0.25, 0.3) is 0 Å². The van der Waals surface area contributed by atoms with Crippen LogP contribution in [0.5, 0.6) is 0 Å². The summed E-state index contributed by atoms with van der Waals surface area (Å²) in [4.78, 5) is 72.4. The summed E-state index contributed by atoms with van der Waals surface area (Å²) < 4.78 is 68.2. The summed E-state index contributed by atoms with van der Waals surface area (Å²) in [5.74, 6) is 0.831. The second kappa shape index (κ2) is 57.9. The number of phosphoric acid groups is 2. The maximum atomic E-state index is 13.0. The van der Waals surface area contributed by atoms with Gasteiger partial charge in [0.1, 0.15) is 19.3 Å². The molecule has 87 heavy (non-hydrogen) atoms. The van der Waals surface area contributed by atoms with Gasteiger partial charge in [0.05, 0.1) is 26.4 Å². The van der Waals surface area contributed by atoms with E-state index in [4.69, 9.17) is 37.0 Å². The lowest BCUT2D eigenvalue weighted by atomic mass is 10.00. The van der Waals surface area contributed by atoms with Crippen LogP contribution in [0.3, 0.4) is 0 Å². The summed E-state index contributed by atoms with van der Waals surface area (Å²) in [6.07, 6.45) is 39.0. The Labute approximate surface area is 530 Å². The van der Waals surface area contributed by atoms with Gasteiger partial charge >= 0.3 is 39.5 Å². The zero-order chi connectivity index (χ0) is 64.7. The number of aliphatic hydroxyl groups excluding tert-OH is 1. The highest BCUT2D eigenvalue weighted by Gasteiger charge is 2.30.